The van der Waals surface area contributed by atoms with Gasteiger partial charge in [-0.3, -0.25) is 0 Å². The van der Waals surface area contributed by atoms with Crippen LogP contribution >= 0.6 is 11.8 Å². The van der Waals surface area contributed by atoms with E-state index in [2.05, 4.69) is 9.72 Å². The van der Waals surface area contributed by atoms with Crippen LogP contribution < -0.4 is 0 Å². The fourth-order valence-corrected chi connectivity index (χ4v) is 2.67. The zero-order valence-electron chi connectivity index (χ0n) is 11.7. The minimum absolute atomic E-state index is 0.275. The van der Waals surface area contributed by atoms with Gasteiger partial charge in [-0.05, 0) is 37.1 Å². The predicted molar refractivity (Wildman–Crippen MR) is 75.5 cm³/mol. The second-order valence-electron chi connectivity index (χ2n) is 4.40. The number of rotatable bonds is 3. The summed E-state index contributed by atoms with van der Waals surface area (Å²) >= 11 is 1.09. The number of nitrogens with zero attached hydrogens (tertiary/aromatic N) is 1. The fraction of sp³-hybridized carbons (Fsp3) is 0.200. The third kappa shape index (κ3) is 3.21. The lowest BCUT2D eigenvalue weighted by Gasteiger charge is -2.11. The van der Waals surface area contributed by atoms with Gasteiger partial charge >= 0.3 is 5.97 Å². The molecule has 0 aliphatic carbocycles. The number of pyridine rings is 1. The number of hydrogen-bond acceptors (Lipinski definition) is 4. The molecule has 0 N–H and O–H groups in total. The van der Waals surface area contributed by atoms with Crippen molar-refractivity contribution in [2.45, 2.75) is 23.8 Å². The first-order valence-electron chi connectivity index (χ1n) is 6.11. The summed E-state index contributed by atoms with van der Waals surface area (Å²) < 4.78 is 31.2. The Bertz CT molecular complexity index is 704. The van der Waals surface area contributed by atoms with Crippen LogP contribution in [0, 0.1) is 25.5 Å². The molecule has 0 amide bonds. The van der Waals surface area contributed by atoms with E-state index in [0.29, 0.717) is 10.6 Å². The zero-order chi connectivity index (χ0) is 15.6. The number of halogens is 2. The largest absolute Gasteiger partial charge is 0.465 e. The van der Waals surface area contributed by atoms with Crippen LogP contribution in [0.5, 0.6) is 0 Å². The van der Waals surface area contributed by atoms with Gasteiger partial charge in [0.25, 0.3) is 0 Å². The second kappa shape index (κ2) is 6.22. The van der Waals surface area contributed by atoms with Crippen LogP contribution in [-0.4, -0.2) is 18.1 Å². The van der Waals surface area contributed by atoms with Gasteiger partial charge in [-0.15, -0.1) is 0 Å². The van der Waals surface area contributed by atoms with Gasteiger partial charge in [0.1, 0.15) is 16.7 Å². The van der Waals surface area contributed by atoms with E-state index < -0.39 is 17.6 Å². The molecule has 0 bridgehead atoms. The number of carbonyl (C=O) groups excluding carboxylic acids is 1. The van der Waals surface area contributed by atoms with E-state index in [-0.39, 0.29) is 4.90 Å². The molecule has 1 aromatic heterocycles. The Morgan fingerprint density at radius 1 is 1.24 bits per heavy atom. The summed E-state index contributed by atoms with van der Waals surface area (Å²) in [5.74, 6) is -1.73. The average Bonchev–Trinajstić information content (AvgIpc) is 2.46. The fourth-order valence-electron chi connectivity index (χ4n) is 1.76. The summed E-state index contributed by atoms with van der Waals surface area (Å²) in [6.07, 6.45) is 1.40. The van der Waals surface area contributed by atoms with Crippen LogP contribution in [0.4, 0.5) is 8.78 Å². The molecule has 0 radical (unpaired) electrons. The van der Waals surface area contributed by atoms with Crippen LogP contribution in [0.2, 0.25) is 0 Å². The molecule has 0 spiro atoms. The normalized spacial score (nSPS) is 10.5. The Balaban J connectivity index is 2.37. The summed E-state index contributed by atoms with van der Waals surface area (Å²) in [5.41, 5.74) is 1.85. The van der Waals surface area contributed by atoms with Crippen molar-refractivity contribution in [3.8, 4) is 0 Å². The SMILES string of the molecule is COC(=O)c1cnc(Sc2ccc(F)cc2F)c(C)c1C. The Kier molecular flexibility index (Phi) is 4.57. The molecule has 0 saturated heterocycles. The maximum absolute atomic E-state index is 13.7. The Hall–Kier alpha value is -1.95. The molecule has 0 unspecified atom stereocenters. The van der Waals surface area contributed by atoms with Crippen molar-refractivity contribution < 1.29 is 18.3 Å². The number of hydrogen-bond donors (Lipinski definition) is 0. The van der Waals surface area contributed by atoms with Crippen molar-refractivity contribution in [3.63, 3.8) is 0 Å². The molecule has 0 fully saturated rings. The standard InChI is InChI=1S/C15H13F2NO2S/c1-8-9(2)14(18-7-11(8)15(19)20-3)21-13-5-4-10(16)6-12(13)17/h4-7H,1-3H3. The molecule has 0 saturated carbocycles. The van der Waals surface area contributed by atoms with Crippen LogP contribution in [0.15, 0.2) is 34.3 Å². The quantitative estimate of drug-likeness (QED) is 0.806. The first kappa shape index (κ1) is 15.4. The number of benzene rings is 1. The molecule has 2 rings (SSSR count). The Morgan fingerprint density at radius 2 is 1.95 bits per heavy atom. The second-order valence-corrected chi connectivity index (χ2v) is 5.43. The minimum Gasteiger partial charge on any atom is -0.465 e. The third-order valence-electron chi connectivity index (χ3n) is 3.10. The van der Waals surface area contributed by atoms with E-state index >= 15 is 0 Å². The Labute approximate surface area is 125 Å². The molecule has 0 aliphatic rings. The van der Waals surface area contributed by atoms with Crippen LogP contribution in [0.3, 0.4) is 0 Å². The molecular weight excluding hydrogens is 296 g/mol. The molecule has 1 aromatic carbocycles. The van der Waals surface area contributed by atoms with Gasteiger partial charge in [0, 0.05) is 17.2 Å². The van der Waals surface area contributed by atoms with Crippen molar-refractivity contribution >= 4 is 17.7 Å². The van der Waals surface area contributed by atoms with E-state index in [9.17, 15) is 13.6 Å². The lowest BCUT2D eigenvalue weighted by Crippen LogP contribution is -2.06. The molecule has 21 heavy (non-hydrogen) atoms. The van der Waals surface area contributed by atoms with E-state index in [1.165, 1.54) is 25.4 Å². The highest BCUT2D eigenvalue weighted by molar-refractivity contribution is 7.99. The van der Waals surface area contributed by atoms with Gasteiger partial charge in [-0.2, -0.15) is 0 Å². The summed E-state index contributed by atoms with van der Waals surface area (Å²) in [5, 5.41) is 0.561. The monoisotopic (exact) mass is 309 g/mol. The zero-order valence-corrected chi connectivity index (χ0v) is 12.6. The van der Waals surface area contributed by atoms with Gasteiger partial charge in [0.05, 0.1) is 12.7 Å². The molecule has 0 atom stereocenters. The highest BCUT2D eigenvalue weighted by Gasteiger charge is 2.16. The summed E-state index contributed by atoms with van der Waals surface area (Å²) in [6, 6.07) is 3.38. The maximum Gasteiger partial charge on any atom is 0.339 e. The third-order valence-corrected chi connectivity index (χ3v) is 4.26. The maximum atomic E-state index is 13.7. The lowest BCUT2D eigenvalue weighted by molar-refractivity contribution is 0.0599. The van der Waals surface area contributed by atoms with Crippen molar-refractivity contribution in [3.05, 3.63) is 52.7 Å². The van der Waals surface area contributed by atoms with Crippen LogP contribution in [0.25, 0.3) is 0 Å². The molecule has 0 aliphatic heterocycles. The van der Waals surface area contributed by atoms with Gasteiger partial charge < -0.3 is 4.74 Å². The lowest BCUT2D eigenvalue weighted by atomic mass is 10.1. The Morgan fingerprint density at radius 3 is 2.57 bits per heavy atom. The van der Waals surface area contributed by atoms with Crippen LogP contribution in [0.1, 0.15) is 21.5 Å². The predicted octanol–water partition coefficient (Wildman–Crippen LogP) is 3.91. The molecule has 1 heterocycles. The highest BCUT2D eigenvalue weighted by Crippen LogP contribution is 2.32. The van der Waals surface area contributed by atoms with Gasteiger partial charge in [-0.25, -0.2) is 18.6 Å². The average molecular weight is 309 g/mol. The van der Waals surface area contributed by atoms with Gasteiger partial charge in [-0.1, -0.05) is 11.8 Å². The molecule has 3 nitrogen and oxygen atoms in total. The van der Waals surface area contributed by atoms with Gasteiger partial charge in [0.2, 0.25) is 0 Å². The first-order chi connectivity index (χ1) is 9.93. The van der Waals surface area contributed by atoms with E-state index in [1.807, 2.05) is 0 Å². The van der Waals surface area contributed by atoms with Crippen LogP contribution in [-0.2, 0) is 4.74 Å². The molecule has 2 aromatic rings. The molecule has 6 heteroatoms. The van der Waals surface area contributed by atoms with E-state index in [1.54, 1.807) is 13.8 Å². The van der Waals surface area contributed by atoms with Crippen molar-refractivity contribution in [1.82, 2.24) is 4.98 Å². The minimum atomic E-state index is -0.643. The topological polar surface area (TPSA) is 39.2 Å². The molecule has 110 valence electrons. The number of ether oxygens (including phenoxy) is 1. The van der Waals surface area contributed by atoms with Crippen molar-refractivity contribution in [1.29, 1.82) is 0 Å². The van der Waals surface area contributed by atoms with Crippen molar-refractivity contribution in [2.75, 3.05) is 7.11 Å². The summed E-state index contributed by atoms with van der Waals surface area (Å²) in [6.45, 7) is 3.56. The summed E-state index contributed by atoms with van der Waals surface area (Å²) in [7, 11) is 1.30. The van der Waals surface area contributed by atoms with Gasteiger partial charge in [0.15, 0.2) is 0 Å². The number of methoxy groups -OCH3 is 1. The number of esters is 1. The summed E-state index contributed by atoms with van der Waals surface area (Å²) in [4.78, 5) is 16.0. The smallest absolute Gasteiger partial charge is 0.339 e. The van der Waals surface area contributed by atoms with E-state index in [4.69, 9.17) is 0 Å². The van der Waals surface area contributed by atoms with E-state index in [0.717, 1.165) is 29.0 Å². The molecular formula is C15H13F2NO2S. The number of aromatic nitrogens is 1. The highest BCUT2D eigenvalue weighted by atomic mass is 32.2. The van der Waals surface area contributed by atoms with Crippen molar-refractivity contribution in [2.24, 2.45) is 0 Å². The number of carbonyl (C=O) groups is 1. The first-order valence-corrected chi connectivity index (χ1v) is 6.93.